The number of hydrogen-bond acceptors (Lipinski definition) is 4. The van der Waals surface area contributed by atoms with Crippen LogP contribution in [-0.2, 0) is 10.9 Å². The number of hydrogen-bond donors (Lipinski definition) is 1. The normalized spacial score (nSPS) is 11.4. The molecule has 118 valence electrons. The lowest BCUT2D eigenvalue weighted by molar-refractivity contribution is -0.388. The van der Waals surface area contributed by atoms with Crippen molar-refractivity contribution in [3.05, 3.63) is 33.9 Å². The van der Waals surface area contributed by atoms with Gasteiger partial charge in [0, 0.05) is 24.9 Å². The van der Waals surface area contributed by atoms with Crippen LogP contribution in [0.5, 0.6) is 0 Å². The van der Waals surface area contributed by atoms with E-state index in [-0.39, 0.29) is 5.69 Å². The van der Waals surface area contributed by atoms with Crippen LogP contribution in [0.1, 0.15) is 25.3 Å². The number of alkyl halides is 3. The van der Waals surface area contributed by atoms with Crippen LogP contribution >= 0.6 is 0 Å². The van der Waals surface area contributed by atoms with Crippen LogP contribution in [0.3, 0.4) is 0 Å². The predicted molar refractivity (Wildman–Crippen MR) is 72.3 cm³/mol. The minimum absolute atomic E-state index is 0.173. The van der Waals surface area contributed by atoms with Crippen LogP contribution in [0.25, 0.3) is 0 Å². The predicted octanol–water partition coefficient (Wildman–Crippen LogP) is 3.84. The van der Waals surface area contributed by atoms with E-state index in [2.05, 4.69) is 5.32 Å². The van der Waals surface area contributed by atoms with Crippen molar-refractivity contribution in [2.45, 2.75) is 25.9 Å². The highest BCUT2D eigenvalue weighted by Gasteiger charge is 2.38. The Kier molecular flexibility index (Phi) is 6.41. The number of halogens is 3. The number of unbranched alkanes of at least 4 members (excludes halogenated alkanes) is 1. The first-order valence-corrected chi connectivity index (χ1v) is 6.53. The van der Waals surface area contributed by atoms with E-state index in [4.69, 9.17) is 4.74 Å². The van der Waals surface area contributed by atoms with Gasteiger partial charge in [-0.1, -0.05) is 13.3 Å². The summed E-state index contributed by atoms with van der Waals surface area (Å²) in [5.41, 5.74) is -2.04. The summed E-state index contributed by atoms with van der Waals surface area (Å²) in [6.45, 7) is 3.32. The van der Waals surface area contributed by atoms with Crippen LogP contribution in [-0.4, -0.2) is 24.7 Å². The van der Waals surface area contributed by atoms with Gasteiger partial charge in [-0.15, -0.1) is 0 Å². The lowest BCUT2D eigenvalue weighted by Gasteiger charge is -2.11. The second-order valence-corrected chi connectivity index (χ2v) is 4.38. The number of ether oxygens (including phenoxy) is 1. The van der Waals surface area contributed by atoms with Crippen molar-refractivity contribution in [2.24, 2.45) is 0 Å². The summed E-state index contributed by atoms with van der Waals surface area (Å²) in [6.07, 6.45) is -2.84. The molecule has 8 heteroatoms. The molecule has 0 aliphatic rings. The first-order chi connectivity index (χ1) is 9.86. The minimum Gasteiger partial charge on any atom is -0.383 e. The SMILES string of the molecule is CCCCOCCNc1ccc([N+](=O)[O-])c(C(F)(F)F)c1. The van der Waals surface area contributed by atoms with E-state index >= 15 is 0 Å². The van der Waals surface area contributed by atoms with Gasteiger partial charge in [0.05, 0.1) is 11.5 Å². The molecule has 0 aromatic heterocycles. The highest BCUT2D eigenvalue weighted by Crippen LogP contribution is 2.37. The van der Waals surface area contributed by atoms with E-state index in [1.54, 1.807) is 0 Å². The summed E-state index contributed by atoms with van der Waals surface area (Å²) < 4.78 is 43.5. The van der Waals surface area contributed by atoms with Crippen LogP contribution in [0.15, 0.2) is 18.2 Å². The molecule has 21 heavy (non-hydrogen) atoms. The smallest absolute Gasteiger partial charge is 0.383 e. The Morgan fingerprint density at radius 3 is 2.62 bits per heavy atom. The molecule has 1 aromatic carbocycles. The van der Waals surface area contributed by atoms with Crippen LogP contribution < -0.4 is 5.32 Å². The molecule has 0 saturated heterocycles. The molecule has 1 aromatic rings. The molecular formula is C13H17F3N2O3. The number of anilines is 1. The van der Waals surface area contributed by atoms with E-state index in [9.17, 15) is 23.3 Å². The van der Waals surface area contributed by atoms with Crippen molar-refractivity contribution < 1.29 is 22.8 Å². The van der Waals surface area contributed by atoms with Crippen molar-refractivity contribution in [3.63, 3.8) is 0 Å². The first kappa shape index (κ1) is 17.2. The molecule has 1 rings (SSSR count). The zero-order chi connectivity index (χ0) is 15.9. The molecule has 0 fully saturated rings. The van der Waals surface area contributed by atoms with Gasteiger partial charge in [-0.3, -0.25) is 10.1 Å². The van der Waals surface area contributed by atoms with Crippen molar-refractivity contribution in [1.82, 2.24) is 0 Å². The molecule has 0 spiro atoms. The Labute approximate surface area is 120 Å². The zero-order valence-corrected chi connectivity index (χ0v) is 11.6. The molecule has 0 atom stereocenters. The number of nitro groups is 1. The van der Waals surface area contributed by atoms with E-state index in [1.807, 2.05) is 6.92 Å². The third-order valence-electron chi connectivity index (χ3n) is 2.72. The fraction of sp³-hybridized carbons (Fsp3) is 0.538. The Morgan fingerprint density at radius 2 is 2.05 bits per heavy atom. The van der Waals surface area contributed by atoms with Crippen molar-refractivity contribution in [3.8, 4) is 0 Å². The number of rotatable bonds is 8. The summed E-state index contributed by atoms with van der Waals surface area (Å²) in [4.78, 5) is 9.56. The molecule has 0 aliphatic heterocycles. The number of nitrogens with one attached hydrogen (secondary N) is 1. The van der Waals surface area contributed by atoms with Gasteiger partial charge in [0.2, 0.25) is 0 Å². The monoisotopic (exact) mass is 306 g/mol. The molecule has 0 radical (unpaired) electrons. The molecule has 0 unspecified atom stereocenters. The Bertz CT molecular complexity index is 478. The Morgan fingerprint density at radius 1 is 1.33 bits per heavy atom. The van der Waals surface area contributed by atoms with Gasteiger partial charge in [0.25, 0.3) is 5.69 Å². The maximum Gasteiger partial charge on any atom is 0.423 e. The fourth-order valence-electron chi connectivity index (χ4n) is 1.65. The lowest BCUT2D eigenvalue weighted by Crippen LogP contribution is -2.13. The maximum atomic E-state index is 12.8. The highest BCUT2D eigenvalue weighted by atomic mass is 19.4. The molecule has 0 bridgehead atoms. The molecule has 1 N–H and O–H groups in total. The Hall–Kier alpha value is -1.83. The molecule has 0 aliphatic carbocycles. The lowest BCUT2D eigenvalue weighted by atomic mass is 10.1. The second-order valence-electron chi connectivity index (χ2n) is 4.38. The average molecular weight is 306 g/mol. The van der Waals surface area contributed by atoms with Gasteiger partial charge in [-0.2, -0.15) is 13.2 Å². The molecule has 0 saturated carbocycles. The topological polar surface area (TPSA) is 64.4 Å². The summed E-state index contributed by atoms with van der Waals surface area (Å²) in [5, 5.41) is 13.4. The molecular weight excluding hydrogens is 289 g/mol. The maximum absolute atomic E-state index is 12.8. The van der Waals surface area contributed by atoms with E-state index in [0.717, 1.165) is 25.0 Å². The van der Waals surface area contributed by atoms with Gasteiger partial charge >= 0.3 is 6.18 Å². The molecule has 0 heterocycles. The van der Waals surface area contributed by atoms with Gasteiger partial charge < -0.3 is 10.1 Å². The van der Waals surface area contributed by atoms with Crippen LogP contribution in [0.4, 0.5) is 24.5 Å². The first-order valence-electron chi connectivity index (χ1n) is 6.53. The van der Waals surface area contributed by atoms with Crippen molar-refractivity contribution in [2.75, 3.05) is 25.1 Å². The number of benzene rings is 1. The van der Waals surface area contributed by atoms with E-state index in [1.165, 1.54) is 6.07 Å². The standard InChI is InChI=1S/C13H17F3N2O3/c1-2-3-7-21-8-6-17-10-4-5-12(18(19)20)11(9-10)13(14,15)16/h4-5,9,17H,2-3,6-8H2,1H3. The largest absolute Gasteiger partial charge is 0.423 e. The molecule has 0 amide bonds. The number of nitrogens with zero attached hydrogens (tertiary/aromatic N) is 1. The summed E-state index contributed by atoms with van der Waals surface area (Å²) in [6, 6.07) is 2.84. The minimum atomic E-state index is -4.77. The second kappa shape index (κ2) is 7.82. The van der Waals surface area contributed by atoms with Gasteiger partial charge in [-0.05, 0) is 18.6 Å². The van der Waals surface area contributed by atoms with Crippen molar-refractivity contribution >= 4 is 11.4 Å². The average Bonchev–Trinajstić information content (AvgIpc) is 2.41. The fourth-order valence-corrected chi connectivity index (χ4v) is 1.65. The van der Waals surface area contributed by atoms with E-state index in [0.29, 0.717) is 19.8 Å². The molecule has 5 nitrogen and oxygen atoms in total. The van der Waals surface area contributed by atoms with Gasteiger partial charge in [0.15, 0.2) is 0 Å². The Balaban J connectivity index is 2.66. The van der Waals surface area contributed by atoms with Crippen LogP contribution in [0, 0.1) is 10.1 Å². The number of nitro benzene ring substituents is 1. The van der Waals surface area contributed by atoms with Crippen LogP contribution in [0.2, 0.25) is 0 Å². The summed E-state index contributed by atoms with van der Waals surface area (Å²) >= 11 is 0. The highest BCUT2D eigenvalue weighted by molar-refractivity contribution is 5.55. The van der Waals surface area contributed by atoms with Gasteiger partial charge in [0.1, 0.15) is 5.56 Å². The zero-order valence-electron chi connectivity index (χ0n) is 11.6. The quantitative estimate of drug-likeness (QED) is 0.450. The third-order valence-corrected chi connectivity index (χ3v) is 2.72. The van der Waals surface area contributed by atoms with Gasteiger partial charge in [-0.25, -0.2) is 0 Å². The van der Waals surface area contributed by atoms with E-state index < -0.39 is 22.4 Å². The summed E-state index contributed by atoms with van der Waals surface area (Å²) in [5.74, 6) is 0. The summed E-state index contributed by atoms with van der Waals surface area (Å²) in [7, 11) is 0. The van der Waals surface area contributed by atoms with Crippen molar-refractivity contribution in [1.29, 1.82) is 0 Å². The third kappa shape index (κ3) is 5.58.